The Morgan fingerprint density at radius 1 is 1.33 bits per heavy atom. The normalized spacial score (nSPS) is 10.0. The van der Waals surface area contributed by atoms with Crippen molar-refractivity contribution in [2.75, 3.05) is 0 Å². The Balaban J connectivity index is 2.49. The molecule has 0 spiro atoms. The van der Waals surface area contributed by atoms with Gasteiger partial charge in [-0.25, -0.2) is 0 Å². The highest BCUT2D eigenvalue weighted by Gasteiger charge is 2.00. The molecule has 2 heteroatoms. The lowest BCUT2D eigenvalue weighted by Gasteiger charge is -2.02. The van der Waals surface area contributed by atoms with E-state index in [0.29, 0.717) is 6.54 Å². The zero-order valence-corrected chi connectivity index (χ0v) is 8.83. The van der Waals surface area contributed by atoms with Crippen LogP contribution in [0.25, 0.3) is 10.9 Å². The first kappa shape index (κ1) is 9.82. The van der Waals surface area contributed by atoms with Crippen LogP contribution in [0.15, 0.2) is 30.5 Å². The van der Waals surface area contributed by atoms with Gasteiger partial charge in [0.15, 0.2) is 0 Å². The third-order valence-electron chi connectivity index (χ3n) is 2.50. The van der Waals surface area contributed by atoms with Crippen molar-refractivity contribution in [3.8, 4) is 11.8 Å². The number of hydrogen-bond donors (Lipinski definition) is 1. The maximum absolute atomic E-state index is 5.62. The Morgan fingerprint density at radius 2 is 2.20 bits per heavy atom. The van der Waals surface area contributed by atoms with Gasteiger partial charge in [0.25, 0.3) is 0 Å². The maximum Gasteiger partial charge on any atom is 0.0837 e. The number of benzene rings is 1. The summed E-state index contributed by atoms with van der Waals surface area (Å²) < 4.78 is 2.14. The second-order valence-corrected chi connectivity index (χ2v) is 3.47. The molecule has 0 fully saturated rings. The smallest absolute Gasteiger partial charge is 0.0837 e. The number of nitrogens with zero attached hydrogens (tertiary/aromatic N) is 1. The van der Waals surface area contributed by atoms with E-state index >= 15 is 0 Å². The average molecular weight is 198 g/mol. The quantitative estimate of drug-likeness (QED) is 0.736. The molecular formula is C13H14N2. The maximum atomic E-state index is 5.62. The number of aromatic nitrogens is 1. The Hall–Kier alpha value is -1.72. The molecule has 2 aromatic rings. The molecule has 0 bridgehead atoms. The predicted octanol–water partition coefficient (Wildman–Crippen LogP) is 2.12. The second-order valence-electron chi connectivity index (χ2n) is 3.47. The van der Waals surface area contributed by atoms with Crippen molar-refractivity contribution in [1.29, 1.82) is 0 Å². The number of rotatable bonds is 2. The molecule has 0 aliphatic carbocycles. The Labute approximate surface area is 89.7 Å². The van der Waals surface area contributed by atoms with E-state index < -0.39 is 0 Å². The van der Waals surface area contributed by atoms with E-state index in [1.54, 1.807) is 0 Å². The molecule has 1 aromatic heterocycles. The van der Waals surface area contributed by atoms with Crippen LogP contribution >= 0.6 is 0 Å². The standard InChI is InChI=1S/C13H14N2/c1-2-3-7-15-8-6-12-5-4-11(10-14)9-13(12)15/h4-6,8-9H,7,10,14H2,1H3. The molecule has 0 aliphatic heterocycles. The van der Waals surface area contributed by atoms with Crippen LogP contribution in [0.3, 0.4) is 0 Å². The van der Waals surface area contributed by atoms with Crippen LogP contribution in [-0.2, 0) is 13.1 Å². The van der Waals surface area contributed by atoms with Gasteiger partial charge in [-0.1, -0.05) is 18.1 Å². The van der Waals surface area contributed by atoms with Crippen LogP contribution in [0.4, 0.5) is 0 Å². The molecule has 0 saturated carbocycles. The van der Waals surface area contributed by atoms with Crippen molar-refractivity contribution < 1.29 is 0 Å². The van der Waals surface area contributed by atoms with Gasteiger partial charge in [-0.3, -0.25) is 0 Å². The van der Waals surface area contributed by atoms with Crippen LogP contribution in [0, 0.1) is 11.8 Å². The highest BCUT2D eigenvalue weighted by molar-refractivity contribution is 5.80. The second kappa shape index (κ2) is 4.20. The largest absolute Gasteiger partial charge is 0.336 e. The fourth-order valence-electron chi connectivity index (χ4n) is 1.66. The van der Waals surface area contributed by atoms with E-state index in [4.69, 9.17) is 5.73 Å². The van der Waals surface area contributed by atoms with E-state index in [2.05, 4.69) is 46.9 Å². The van der Waals surface area contributed by atoms with Crippen LogP contribution in [-0.4, -0.2) is 4.57 Å². The summed E-state index contributed by atoms with van der Waals surface area (Å²) in [4.78, 5) is 0. The molecule has 76 valence electrons. The Bertz CT molecular complexity index is 526. The van der Waals surface area contributed by atoms with Crippen molar-refractivity contribution in [3.63, 3.8) is 0 Å². The predicted molar refractivity (Wildman–Crippen MR) is 63.3 cm³/mol. The van der Waals surface area contributed by atoms with Gasteiger partial charge in [0, 0.05) is 18.3 Å². The van der Waals surface area contributed by atoms with Crippen molar-refractivity contribution in [2.24, 2.45) is 5.73 Å². The topological polar surface area (TPSA) is 30.9 Å². The summed E-state index contributed by atoms with van der Waals surface area (Å²) in [6, 6.07) is 8.41. The lowest BCUT2D eigenvalue weighted by atomic mass is 10.1. The van der Waals surface area contributed by atoms with Crippen molar-refractivity contribution in [2.45, 2.75) is 20.0 Å². The van der Waals surface area contributed by atoms with Crippen molar-refractivity contribution in [1.82, 2.24) is 4.57 Å². The minimum atomic E-state index is 0.584. The average Bonchev–Trinajstić information content (AvgIpc) is 2.68. The first-order chi connectivity index (χ1) is 7.35. The van der Waals surface area contributed by atoms with Crippen LogP contribution < -0.4 is 5.73 Å². The summed E-state index contributed by atoms with van der Waals surface area (Å²) in [7, 11) is 0. The summed E-state index contributed by atoms with van der Waals surface area (Å²) >= 11 is 0. The van der Waals surface area contributed by atoms with E-state index in [1.807, 2.05) is 6.92 Å². The number of hydrogen-bond acceptors (Lipinski definition) is 1. The van der Waals surface area contributed by atoms with Crippen LogP contribution in [0.1, 0.15) is 12.5 Å². The molecule has 2 nitrogen and oxygen atoms in total. The summed E-state index contributed by atoms with van der Waals surface area (Å²) in [6.07, 6.45) is 2.06. The Kier molecular flexibility index (Phi) is 2.75. The highest BCUT2D eigenvalue weighted by atomic mass is 14.9. The third kappa shape index (κ3) is 1.88. The minimum Gasteiger partial charge on any atom is -0.336 e. The zero-order valence-electron chi connectivity index (χ0n) is 8.83. The van der Waals surface area contributed by atoms with E-state index in [9.17, 15) is 0 Å². The summed E-state index contributed by atoms with van der Waals surface area (Å²) in [6.45, 7) is 3.19. The molecule has 0 unspecified atom stereocenters. The van der Waals surface area contributed by atoms with E-state index in [1.165, 1.54) is 10.9 Å². The van der Waals surface area contributed by atoms with Gasteiger partial charge < -0.3 is 10.3 Å². The van der Waals surface area contributed by atoms with Crippen molar-refractivity contribution in [3.05, 3.63) is 36.0 Å². The first-order valence-corrected chi connectivity index (χ1v) is 5.02. The van der Waals surface area contributed by atoms with E-state index in [-0.39, 0.29) is 0 Å². The molecular weight excluding hydrogens is 184 g/mol. The SMILES string of the molecule is CC#CCn1ccc2ccc(CN)cc21. The minimum absolute atomic E-state index is 0.584. The molecule has 1 aromatic carbocycles. The fraction of sp³-hybridized carbons (Fsp3) is 0.231. The van der Waals surface area contributed by atoms with Gasteiger partial charge in [0.1, 0.15) is 0 Å². The molecule has 0 amide bonds. The van der Waals surface area contributed by atoms with Gasteiger partial charge in [-0.05, 0) is 30.0 Å². The molecule has 0 saturated heterocycles. The lowest BCUT2D eigenvalue weighted by molar-refractivity contribution is 0.884. The van der Waals surface area contributed by atoms with Gasteiger partial charge in [0.05, 0.1) is 6.54 Å². The monoisotopic (exact) mass is 198 g/mol. The van der Waals surface area contributed by atoms with Crippen molar-refractivity contribution >= 4 is 10.9 Å². The number of fused-ring (bicyclic) bond motifs is 1. The van der Waals surface area contributed by atoms with Gasteiger partial charge in [-0.15, -0.1) is 5.92 Å². The summed E-state index contributed by atoms with van der Waals surface area (Å²) in [5, 5.41) is 1.24. The highest BCUT2D eigenvalue weighted by Crippen LogP contribution is 2.17. The first-order valence-electron chi connectivity index (χ1n) is 5.02. The zero-order chi connectivity index (χ0) is 10.7. The molecule has 0 radical (unpaired) electrons. The molecule has 2 N–H and O–H groups in total. The third-order valence-corrected chi connectivity index (χ3v) is 2.50. The molecule has 1 heterocycles. The van der Waals surface area contributed by atoms with E-state index in [0.717, 1.165) is 12.1 Å². The summed E-state index contributed by atoms with van der Waals surface area (Å²) in [5.74, 6) is 5.97. The van der Waals surface area contributed by atoms with Crippen LogP contribution in [0.2, 0.25) is 0 Å². The van der Waals surface area contributed by atoms with Gasteiger partial charge in [0.2, 0.25) is 0 Å². The molecule has 0 aliphatic rings. The van der Waals surface area contributed by atoms with Gasteiger partial charge >= 0.3 is 0 Å². The van der Waals surface area contributed by atoms with Gasteiger partial charge in [-0.2, -0.15) is 0 Å². The number of nitrogens with two attached hydrogens (primary N) is 1. The molecule has 15 heavy (non-hydrogen) atoms. The molecule has 0 atom stereocenters. The van der Waals surface area contributed by atoms with Crippen LogP contribution in [0.5, 0.6) is 0 Å². The Morgan fingerprint density at radius 3 is 2.93 bits per heavy atom. The lowest BCUT2D eigenvalue weighted by Crippen LogP contribution is -1.97. The fourth-order valence-corrected chi connectivity index (χ4v) is 1.66. The summed E-state index contributed by atoms with van der Waals surface area (Å²) in [5.41, 5.74) is 7.99. The molecule has 2 rings (SSSR count).